The Morgan fingerprint density at radius 1 is 1.33 bits per heavy atom. The van der Waals surface area contributed by atoms with Crippen molar-refractivity contribution in [3.63, 3.8) is 0 Å². The quantitative estimate of drug-likeness (QED) is 0.832. The van der Waals surface area contributed by atoms with E-state index in [1.165, 1.54) is 23.8 Å². The van der Waals surface area contributed by atoms with E-state index in [0.29, 0.717) is 6.42 Å². The van der Waals surface area contributed by atoms with Crippen LogP contribution in [0.1, 0.15) is 12.0 Å². The molecule has 0 aliphatic carbocycles. The summed E-state index contributed by atoms with van der Waals surface area (Å²) < 4.78 is 9.79. The number of nitrogens with one attached hydrogen (secondary N) is 1. The molecule has 0 spiro atoms. The maximum Gasteiger partial charge on any atom is 0.408 e. The molecule has 2 aliphatic heterocycles. The third-order valence-electron chi connectivity index (χ3n) is 3.76. The second kappa shape index (κ2) is 6.96. The summed E-state index contributed by atoms with van der Waals surface area (Å²) in [5.74, 6) is -0.899. The SMILES string of the molecule is COC(=O)C1=CS[C@@H]2C[C@H](NC(=O)OCc3ccccc3)C(=O)N12. The maximum absolute atomic E-state index is 12.4. The number of fused-ring (bicyclic) bond motifs is 1. The summed E-state index contributed by atoms with van der Waals surface area (Å²) in [5, 5.41) is 3.97. The zero-order chi connectivity index (χ0) is 17.1. The highest BCUT2D eigenvalue weighted by molar-refractivity contribution is 8.03. The van der Waals surface area contributed by atoms with Crippen molar-refractivity contribution in [3.05, 3.63) is 47.0 Å². The Morgan fingerprint density at radius 3 is 2.79 bits per heavy atom. The fraction of sp³-hybridized carbons (Fsp3) is 0.312. The molecule has 3 rings (SSSR count). The van der Waals surface area contributed by atoms with Crippen LogP contribution in [-0.2, 0) is 25.7 Å². The van der Waals surface area contributed by atoms with Gasteiger partial charge in [-0.2, -0.15) is 0 Å². The van der Waals surface area contributed by atoms with Crippen molar-refractivity contribution in [2.24, 2.45) is 0 Å². The zero-order valence-electron chi connectivity index (χ0n) is 12.9. The Hall–Kier alpha value is -2.48. The molecule has 0 saturated carbocycles. The molecule has 0 radical (unpaired) electrons. The number of carbonyl (C=O) groups is 3. The maximum atomic E-state index is 12.4. The fourth-order valence-corrected chi connectivity index (χ4v) is 3.72. The Kier molecular flexibility index (Phi) is 4.75. The molecule has 0 aromatic heterocycles. The molecule has 2 aliphatic rings. The molecular formula is C16H16N2O5S. The Balaban J connectivity index is 1.55. The van der Waals surface area contributed by atoms with E-state index in [4.69, 9.17) is 4.74 Å². The summed E-state index contributed by atoms with van der Waals surface area (Å²) in [6.07, 6.45) is -0.257. The second-order valence-electron chi connectivity index (χ2n) is 5.29. The lowest BCUT2D eigenvalue weighted by Crippen LogP contribution is -2.42. The third kappa shape index (κ3) is 3.23. The van der Waals surface area contributed by atoms with E-state index < -0.39 is 18.1 Å². The molecule has 2 amide bonds. The lowest BCUT2D eigenvalue weighted by atomic mass is 10.2. The van der Waals surface area contributed by atoms with Crippen LogP contribution in [0.15, 0.2) is 41.4 Å². The highest BCUT2D eigenvalue weighted by Crippen LogP contribution is 2.39. The van der Waals surface area contributed by atoms with Crippen LogP contribution in [-0.4, -0.2) is 41.4 Å². The van der Waals surface area contributed by atoms with Gasteiger partial charge in [0.1, 0.15) is 18.3 Å². The Morgan fingerprint density at radius 2 is 2.08 bits per heavy atom. The number of hydrogen-bond acceptors (Lipinski definition) is 6. The average molecular weight is 348 g/mol. The first-order valence-electron chi connectivity index (χ1n) is 7.34. The van der Waals surface area contributed by atoms with Gasteiger partial charge in [-0.15, -0.1) is 11.8 Å². The van der Waals surface area contributed by atoms with Gasteiger partial charge >= 0.3 is 12.1 Å². The summed E-state index contributed by atoms with van der Waals surface area (Å²) in [6, 6.07) is 8.55. The third-order valence-corrected chi connectivity index (χ3v) is 4.83. The van der Waals surface area contributed by atoms with E-state index in [0.717, 1.165) is 5.56 Å². The van der Waals surface area contributed by atoms with E-state index in [2.05, 4.69) is 10.1 Å². The molecule has 1 aromatic carbocycles. The number of amides is 2. The predicted molar refractivity (Wildman–Crippen MR) is 86.5 cm³/mol. The van der Waals surface area contributed by atoms with Crippen LogP contribution < -0.4 is 5.32 Å². The van der Waals surface area contributed by atoms with Crippen molar-refractivity contribution < 1.29 is 23.9 Å². The highest BCUT2D eigenvalue weighted by atomic mass is 32.2. The summed E-state index contributed by atoms with van der Waals surface area (Å²) >= 11 is 1.36. The number of carbonyl (C=O) groups excluding carboxylic acids is 3. The van der Waals surface area contributed by atoms with Crippen LogP contribution in [0.25, 0.3) is 0 Å². The molecule has 2 heterocycles. The highest BCUT2D eigenvalue weighted by Gasteiger charge is 2.47. The van der Waals surface area contributed by atoms with Gasteiger partial charge < -0.3 is 14.8 Å². The standard InChI is InChI=1S/C16H16N2O5S/c1-22-15(20)12-9-24-13-7-11(14(19)18(12)13)17-16(21)23-8-10-5-3-2-4-6-10/h2-6,9,11,13H,7-8H2,1H3,(H,17,21)/t11-,13+/m0/s1. The molecule has 0 bridgehead atoms. The predicted octanol–water partition coefficient (Wildman–Crippen LogP) is 1.60. The van der Waals surface area contributed by atoms with Crippen molar-refractivity contribution >= 4 is 29.7 Å². The number of methoxy groups -OCH3 is 1. The molecule has 2 atom stereocenters. The molecule has 1 saturated heterocycles. The number of nitrogens with zero attached hydrogens (tertiary/aromatic N) is 1. The minimum Gasteiger partial charge on any atom is -0.464 e. The number of hydrogen-bond donors (Lipinski definition) is 1. The Bertz CT molecular complexity index is 691. The second-order valence-corrected chi connectivity index (χ2v) is 6.34. The summed E-state index contributed by atoms with van der Waals surface area (Å²) in [6.45, 7) is 0.128. The number of rotatable bonds is 4. The molecule has 126 valence electrons. The minimum absolute atomic E-state index is 0.128. The Labute approximate surface area is 143 Å². The van der Waals surface area contributed by atoms with Gasteiger partial charge in [0.05, 0.1) is 12.5 Å². The molecule has 0 unspecified atom stereocenters. The van der Waals surface area contributed by atoms with E-state index in [-0.39, 0.29) is 23.6 Å². The van der Waals surface area contributed by atoms with Crippen molar-refractivity contribution in [1.29, 1.82) is 0 Å². The van der Waals surface area contributed by atoms with Crippen LogP contribution in [0.5, 0.6) is 0 Å². The average Bonchev–Trinajstić information content (AvgIpc) is 3.14. The fourth-order valence-electron chi connectivity index (χ4n) is 2.59. The van der Waals surface area contributed by atoms with Crippen LogP contribution in [0.3, 0.4) is 0 Å². The molecule has 1 aromatic rings. The van der Waals surface area contributed by atoms with E-state index >= 15 is 0 Å². The van der Waals surface area contributed by atoms with Crippen LogP contribution >= 0.6 is 11.8 Å². The van der Waals surface area contributed by atoms with Gasteiger partial charge in [0.15, 0.2) is 0 Å². The van der Waals surface area contributed by atoms with Crippen molar-refractivity contribution in [1.82, 2.24) is 10.2 Å². The largest absolute Gasteiger partial charge is 0.464 e. The molecule has 1 N–H and O–H groups in total. The number of ether oxygens (including phenoxy) is 2. The van der Waals surface area contributed by atoms with Gasteiger partial charge in [-0.1, -0.05) is 30.3 Å². The van der Waals surface area contributed by atoms with Gasteiger partial charge in [-0.05, 0) is 5.56 Å². The monoisotopic (exact) mass is 348 g/mol. The smallest absolute Gasteiger partial charge is 0.408 e. The van der Waals surface area contributed by atoms with Crippen LogP contribution in [0.2, 0.25) is 0 Å². The van der Waals surface area contributed by atoms with Gasteiger partial charge in [0.2, 0.25) is 0 Å². The summed E-state index contributed by atoms with van der Waals surface area (Å²) in [4.78, 5) is 37.4. The van der Waals surface area contributed by atoms with Crippen molar-refractivity contribution in [2.75, 3.05) is 7.11 Å². The topological polar surface area (TPSA) is 84.9 Å². The van der Waals surface area contributed by atoms with Crippen LogP contribution in [0.4, 0.5) is 4.79 Å². The number of esters is 1. The number of benzene rings is 1. The first-order valence-corrected chi connectivity index (χ1v) is 8.28. The molecular weight excluding hydrogens is 332 g/mol. The van der Waals surface area contributed by atoms with Gasteiger partial charge in [0, 0.05) is 11.8 Å². The minimum atomic E-state index is -0.709. The lowest BCUT2D eigenvalue weighted by Gasteiger charge is -2.17. The van der Waals surface area contributed by atoms with Crippen LogP contribution in [0, 0.1) is 0 Å². The number of alkyl carbamates (subject to hydrolysis) is 1. The van der Waals surface area contributed by atoms with Gasteiger partial charge in [0.25, 0.3) is 5.91 Å². The molecule has 1 fully saturated rings. The zero-order valence-corrected chi connectivity index (χ0v) is 13.7. The lowest BCUT2D eigenvalue weighted by molar-refractivity contribution is -0.141. The van der Waals surface area contributed by atoms with E-state index in [9.17, 15) is 14.4 Å². The first-order chi connectivity index (χ1) is 11.6. The first kappa shape index (κ1) is 16.4. The molecule has 24 heavy (non-hydrogen) atoms. The van der Waals surface area contributed by atoms with Gasteiger partial charge in [-0.25, -0.2) is 9.59 Å². The van der Waals surface area contributed by atoms with E-state index in [1.807, 2.05) is 30.3 Å². The summed E-state index contributed by atoms with van der Waals surface area (Å²) in [7, 11) is 1.26. The van der Waals surface area contributed by atoms with Gasteiger partial charge in [-0.3, -0.25) is 9.69 Å². The normalized spacial score (nSPS) is 22.0. The molecule has 8 heteroatoms. The van der Waals surface area contributed by atoms with Crippen molar-refractivity contribution in [2.45, 2.75) is 24.4 Å². The molecule has 7 nitrogen and oxygen atoms in total. The number of thioether (sulfide) groups is 1. The van der Waals surface area contributed by atoms with E-state index in [1.54, 1.807) is 5.41 Å². The summed E-state index contributed by atoms with van der Waals surface area (Å²) in [5.41, 5.74) is 1.07. The van der Waals surface area contributed by atoms with Crippen molar-refractivity contribution in [3.8, 4) is 0 Å².